The predicted octanol–water partition coefficient (Wildman–Crippen LogP) is 1.56. The molecule has 0 rings (SSSR count). The molecule has 0 aromatic carbocycles. The molecule has 42 valence electrons. The lowest BCUT2D eigenvalue weighted by molar-refractivity contribution is 0.261. The van der Waals surface area contributed by atoms with E-state index >= 15 is 0 Å². The molecule has 1 unspecified atom stereocenters. The molecule has 1 N–H and O–H groups in total. The van der Waals surface area contributed by atoms with Gasteiger partial charge in [-0.1, -0.05) is 13.5 Å². The third kappa shape index (κ3) is 3.05. The van der Waals surface area contributed by atoms with Crippen LogP contribution >= 0.6 is 22.6 Å². The minimum absolute atomic E-state index is 0.210. The van der Waals surface area contributed by atoms with Crippen LogP contribution in [0.4, 0.5) is 0 Å². The molecule has 0 aliphatic heterocycles. The Bertz CT molecular complexity index is 70.5. The Morgan fingerprint density at radius 2 is 2.43 bits per heavy atom. The summed E-state index contributed by atoms with van der Waals surface area (Å²) in [6.45, 7) is 5.80. The average Bonchev–Trinajstić information content (AvgIpc) is 1.65. The first-order valence-electron chi connectivity index (χ1n) is 2.13. The highest BCUT2D eigenvalue weighted by Gasteiger charge is 1.97. The van der Waals surface area contributed by atoms with Crippen molar-refractivity contribution in [2.45, 2.75) is 6.92 Å². The molecule has 0 amide bonds. The number of hydrogen-bond acceptors (Lipinski definition) is 1. The molecular weight excluding hydrogens is 203 g/mol. The van der Waals surface area contributed by atoms with Crippen LogP contribution in [0.3, 0.4) is 0 Å². The Morgan fingerprint density at radius 3 is 2.43 bits per heavy atom. The maximum absolute atomic E-state index is 8.44. The molecule has 1 nitrogen and oxygen atoms in total. The minimum atomic E-state index is 0.210. The lowest BCUT2D eigenvalue weighted by Gasteiger charge is -2.01. The Morgan fingerprint density at radius 1 is 2.00 bits per heavy atom. The van der Waals surface area contributed by atoms with Crippen LogP contribution in [0, 0.1) is 5.92 Å². The molecule has 1 atom stereocenters. The van der Waals surface area contributed by atoms with Gasteiger partial charge < -0.3 is 5.11 Å². The van der Waals surface area contributed by atoms with Crippen LogP contribution in [-0.4, -0.2) is 11.7 Å². The van der Waals surface area contributed by atoms with E-state index in [0.29, 0.717) is 0 Å². The van der Waals surface area contributed by atoms with E-state index < -0.39 is 0 Å². The van der Waals surface area contributed by atoms with E-state index in [-0.39, 0.29) is 12.5 Å². The monoisotopic (exact) mass is 212 g/mol. The molecule has 0 saturated heterocycles. The number of rotatable bonds is 2. The molecule has 0 heterocycles. The average molecular weight is 212 g/mol. The van der Waals surface area contributed by atoms with Gasteiger partial charge in [0.15, 0.2) is 0 Å². The number of aliphatic hydroxyl groups excluding tert-OH is 1. The number of hydrogen-bond donors (Lipinski definition) is 1. The van der Waals surface area contributed by atoms with Gasteiger partial charge in [0.2, 0.25) is 0 Å². The zero-order chi connectivity index (χ0) is 5.86. The summed E-state index contributed by atoms with van der Waals surface area (Å²) < 4.78 is 1.01. The van der Waals surface area contributed by atoms with Gasteiger partial charge in [-0.15, -0.1) is 0 Å². The molecular formula is C5H9IO. The summed E-state index contributed by atoms with van der Waals surface area (Å²) in [6, 6.07) is 0. The lowest BCUT2D eigenvalue weighted by atomic mass is 10.2. The van der Waals surface area contributed by atoms with Crippen molar-refractivity contribution in [3.8, 4) is 0 Å². The van der Waals surface area contributed by atoms with Crippen LogP contribution in [0.2, 0.25) is 0 Å². The lowest BCUT2D eigenvalue weighted by Crippen LogP contribution is -1.97. The van der Waals surface area contributed by atoms with Crippen molar-refractivity contribution in [2.75, 3.05) is 6.61 Å². The number of aliphatic hydroxyl groups is 1. The summed E-state index contributed by atoms with van der Waals surface area (Å²) in [5, 5.41) is 8.44. The standard InChI is InChI=1S/C5H9IO/c1-4(3-7)5(2)6/h4,7H,2-3H2,1H3. The summed E-state index contributed by atoms with van der Waals surface area (Å²) in [5.74, 6) is 0.251. The third-order valence-corrected chi connectivity index (χ3v) is 1.87. The molecule has 0 aliphatic rings. The second kappa shape index (κ2) is 3.43. The predicted molar refractivity (Wildman–Crippen MR) is 39.4 cm³/mol. The fraction of sp³-hybridized carbons (Fsp3) is 0.600. The van der Waals surface area contributed by atoms with Gasteiger partial charge in [0.1, 0.15) is 0 Å². The van der Waals surface area contributed by atoms with Gasteiger partial charge in [0.05, 0.1) is 6.61 Å². The fourth-order valence-corrected chi connectivity index (χ4v) is 0.296. The van der Waals surface area contributed by atoms with Crippen molar-refractivity contribution in [1.82, 2.24) is 0 Å². The summed E-state index contributed by atoms with van der Waals surface area (Å²) >= 11 is 2.11. The van der Waals surface area contributed by atoms with Crippen molar-refractivity contribution in [1.29, 1.82) is 0 Å². The largest absolute Gasteiger partial charge is 0.396 e. The Kier molecular flexibility index (Phi) is 3.65. The third-order valence-electron chi connectivity index (χ3n) is 0.809. The molecule has 0 aromatic rings. The fourth-order valence-electron chi connectivity index (χ4n) is 0.0991. The Balaban J connectivity index is 3.34. The van der Waals surface area contributed by atoms with E-state index in [1.807, 2.05) is 6.92 Å². The van der Waals surface area contributed by atoms with Gasteiger partial charge in [-0.25, -0.2) is 0 Å². The first-order chi connectivity index (χ1) is 3.18. The van der Waals surface area contributed by atoms with Crippen molar-refractivity contribution in [3.63, 3.8) is 0 Å². The highest BCUT2D eigenvalue weighted by molar-refractivity contribution is 14.1. The van der Waals surface area contributed by atoms with Crippen LogP contribution in [-0.2, 0) is 0 Å². The van der Waals surface area contributed by atoms with Gasteiger partial charge in [-0.2, -0.15) is 0 Å². The van der Waals surface area contributed by atoms with E-state index in [4.69, 9.17) is 5.11 Å². The second-order valence-corrected chi connectivity index (χ2v) is 2.92. The smallest absolute Gasteiger partial charge is 0.0501 e. The van der Waals surface area contributed by atoms with Gasteiger partial charge in [-0.3, -0.25) is 0 Å². The van der Waals surface area contributed by atoms with E-state index in [1.54, 1.807) is 0 Å². The van der Waals surface area contributed by atoms with Gasteiger partial charge in [0.25, 0.3) is 0 Å². The zero-order valence-electron chi connectivity index (χ0n) is 4.32. The summed E-state index contributed by atoms with van der Waals surface area (Å²) in [4.78, 5) is 0. The SMILES string of the molecule is C=C(I)C(C)CO. The van der Waals surface area contributed by atoms with Crippen molar-refractivity contribution in [3.05, 3.63) is 10.2 Å². The normalized spacial score (nSPS) is 13.6. The van der Waals surface area contributed by atoms with E-state index in [0.717, 1.165) is 3.58 Å². The molecule has 0 radical (unpaired) electrons. The summed E-state index contributed by atoms with van der Waals surface area (Å²) in [6.07, 6.45) is 0. The molecule has 2 heteroatoms. The highest BCUT2D eigenvalue weighted by atomic mass is 127. The molecule has 0 aromatic heterocycles. The molecule has 7 heavy (non-hydrogen) atoms. The minimum Gasteiger partial charge on any atom is -0.396 e. The van der Waals surface area contributed by atoms with Crippen LogP contribution in [0.5, 0.6) is 0 Å². The summed E-state index contributed by atoms with van der Waals surface area (Å²) in [7, 11) is 0. The highest BCUT2D eigenvalue weighted by Crippen LogP contribution is 2.13. The first-order valence-corrected chi connectivity index (χ1v) is 3.21. The second-order valence-electron chi connectivity index (χ2n) is 1.53. The zero-order valence-corrected chi connectivity index (χ0v) is 6.47. The van der Waals surface area contributed by atoms with Crippen molar-refractivity contribution < 1.29 is 5.11 Å². The van der Waals surface area contributed by atoms with Gasteiger partial charge in [-0.05, 0) is 26.2 Å². The van der Waals surface area contributed by atoms with E-state index in [9.17, 15) is 0 Å². The van der Waals surface area contributed by atoms with E-state index in [1.165, 1.54) is 0 Å². The molecule has 0 fully saturated rings. The molecule has 0 saturated carbocycles. The van der Waals surface area contributed by atoms with E-state index in [2.05, 4.69) is 29.2 Å². The molecule has 0 aliphatic carbocycles. The van der Waals surface area contributed by atoms with Crippen molar-refractivity contribution >= 4 is 22.6 Å². The van der Waals surface area contributed by atoms with Crippen molar-refractivity contribution in [2.24, 2.45) is 5.92 Å². The van der Waals surface area contributed by atoms with Crippen LogP contribution in [0.25, 0.3) is 0 Å². The van der Waals surface area contributed by atoms with Gasteiger partial charge in [0, 0.05) is 5.92 Å². The Hall–Kier alpha value is 0.430. The number of halogens is 1. The maximum atomic E-state index is 8.44. The first kappa shape index (κ1) is 7.43. The Labute approximate surface area is 57.6 Å². The van der Waals surface area contributed by atoms with Gasteiger partial charge >= 0.3 is 0 Å². The van der Waals surface area contributed by atoms with Crippen LogP contribution in [0.1, 0.15) is 6.92 Å². The quantitative estimate of drug-likeness (QED) is 0.688. The summed E-state index contributed by atoms with van der Waals surface area (Å²) in [5.41, 5.74) is 0. The van der Waals surface area contributed by atoms with Crippen LogP contribution in [0.15, 0.2) is 10.2 Å². The molecule has 0 spiro atoms. The van der Waals surface area contributed by atoms with Crippen LogP contribution < -0.4 is 0 Å². The topological polar surface area (TPSA) is 20.2 Å². The molecule has 0 bridgehead atoms. The maximum Gasteiger partial charge on any atom is 0.0501 e.